The molecule has 4 heterocycles. The van der Waals surface area contributed by atoms with Crippen molar-refractivity contribution in [1.82, 2.24) is 34.3 Å². The van der Waals surface area contributed by atoms with Gasteiger partial charge in [-0.2, -0.15) is 10.2 Å². The molecule has 1 N–H and O–H groups in total. The number of rotatable bonds is 3. The Kier molecular flexibility index (Phi) is 3.23. The maximum Gasteiger partial charge on any atom is 0.274 e. The molecule has 9 heteroatoms. The third kappa shape index (κ3) is 2.47. The van der Waals surface area contributed by atoms with Crippen molar-refractivity contribution in [3.05, 3.63) is 60.6 Å². The van der Waals surface area contributed by atoms with Crippen LogP contribution >= 0.6 is 0 Å². The van der Waals surface area contributed by atoms with E-state index in [2.05, 4.69) is 30.5 Å². The van der Waals surface area contributed by atoms with Crippen LogP contribution in [0.4, 0.5) is 5.69 Å². The lowest BCUT2D eigenvalue weighted by Gasteiger charge is -2.02. The Morgan fingerprint density at radius 3 is 2.83 bits per heavy atom. The van der Waals surface area contributed by atoms with Crippen LogP contribution in [0.2, 0.25) is 0 Å². The Hall–Kier alpha value is -3.62. The van der Waals surface area contributed by atoms with Gasteiger partial charge in [-0.3, -0.25) is 4.79 Å². The molecular formula is C15H12N8O. The summed E-state index contributed by atoms with van der Waals surface area (Å²) in [5.41, 5.74) is 2.38. The highest BCUT2D eigenvalue weighted by Gasteiger charge is 2.12. The lowest BCUT2D eigenvalue weighted by Crippen LogP contribution is -2.14. The minimum Gasteiger partial charge on any atom is -0.318 e. The molecule has 0 aliphatic heterocycles. The van der Waals surface area contributed by atoms with Crippen LogP contribution in [0, 0.1) is 6.92 Å². The summed E-state index contributed by atoms with van der Waals surface area (Å²) in [5.74, 6) is 0.0964. The molecule has 24 heavy (non-hydrogen) atoms. The number of hydrogen-bond donors (Lipinski definition) is 1. The minimum atomic E-state index is -0.327. The molecular weight excluding hydrogens is 308 g/mol. The predicted octanol–water partition coefficient (Wildman–Crippen LogP) is 1.27. The predicted molar refractivity (Wildman–Crippen MR) is 84.8 cm³/mol. The molecule has 0 spiro atoms. The number of fused-ring (bicyclic) bond motifs is 1. The quantitative estimate of drug-likeness (QED) is 0.609. The van der Waals surface area contributed by atoms with Crippen molar-refractivity contribution >= 4 is 17.2 Å². The Balaban J connectivity index is 1.57. The lowest BCUT2D eigenvalue weighted by molar-refractivity contribution is 0.102. The Morgan fingerprint density at radius 1 is 1.17 bits per heavy atom. The highest BCUT2D eigenvalue weighted by atomic mass is 16.1. The smallest absolute Gasteiger partial charge is 0.274 e. The summed E-state index contributed by atoms with van der Waals surface area (Å²) in [5, 5.41) is 11.0. The third-order valence-corrected chi connectivity index (χ3v) is 3.38. The van der Waals surface area contributed by atoms with Crippen molar-refractivity contribution in [3.8, 4) is 5.95 Å². The second-order valence-corrected chi connectivity index (χ2v) is 5.09. The largest absolute Gasteiger partial charge is 0.318 e. The average molecular weight is 320 g/mol. The Labute approximate surface area is 136 Å². The molecule has 0 saturated carbocycles. The molecule has 4 aromatic rings. The van der Waals surface area contributed by atoms with E-state index in [-0.39, 0.29) is 5.91 Å². The highest BCUT2D eigenvalue weighted by molar-refractivity contribution is 6.03. The minimum absolute atomic E-state index is 0.301. The van der Waals surface area contributed by atoms with E-state index in [0.717, 1.165) is 5.56 Å². The number of hydrogen-bond acceptors (Lipinski definition) is 6. The summed E-state index contributed by atoms with van der Waals surface area (Å²) in [7, 11) is 0. The van der Waals surface area contributed by atoms with Crippen LogP contribution in [-0.4, -0.2) is 40.3 Å². The number of aryl methyl sites for hydroxylation is 1. The molecule has 0 fully saturated rings. The Bertz CT molecular complexity index is 1020. The molecule has 0 unspecified atom stereocenters. The van der Waals surface area contributed by atoms with Crippen LogP contribution in [0.1, 0.15) is 16.1 Å². The van der Waals surface area contributed by atoms with E-state index in [9.17, 15) is 4.79 Å². The Morgan fingerprint density at radius 2 is 2.00 bits per heavy atom. The van der Waals surface area contributed by atoms with Gasteiger partial charge in [-0.15, -0.1) is 0 Å². The zero-order chi connectivity index (χ0) is 16.5. The van der Waals surface area contributed by atoms with E-state index in [4.69, 9.17) is 0 Å². The summed E-state index contributed by atoms with van der Waals surface area (Å²) in [6, 6.07) is 3.33. The van der Waals surface area contributed by atoms with Gasteiger partial charge in [-0.1, -0.05) is 0 Å². The summed E-state index contributed by atoms with van der Waals surface area (Å²) >= 11 is 0. The molecule has 4 aromatic heterocycles. The van der Waals surface area contributed by atoms with Gasteiger partial charge < -0.3 is 5.32 Å². The first kappa shape index (κ1) is 14.0. The molecule has 9 nitrogen and oxygen atoms in total. The number of nitrogens with zero attached hydrogens (tertiary/aromatic N) is 7. The first-order chi connectivity index (χ1) is 11.7. The van der Waals surface area contributed by atoms with E-state index >= 15 is 0 Å². The van der Waals surface area contributed by atoms with Gasteiger partial charge in [0.25, 0.3) is 5.91 Å². The summed E-state index contributed by atoms with van der Waals surface area (Å²) < 4.78 is 3.10. The number of carbonyl (C=O) groups excluding carboxylic acids is 1. The molecule has 4 rings (SSSR count). The summed E-state index contributed by atoms with van der Waals surface area (Å²) in [6.07, 6.45) is 9.80. The van der Waals surface area contributed by atoms with Crippen molar-refractivity contribution in [2.75, 3.05) is 5.32 Å². The normalized spacial score (nSPS) is 10.9. The van der Waals surface area contributed by atoms with Crippen molar-refractivity contribution in [1.29, 1.82) is 0 Å². The van der Waals surface area contributed by atoms with Gasteiger partial charge >= 0.3 is 0 Å². The van der Waals surface area contributed by atoms with Gasteiger partial charge in [-0.05, 0) is 19.1 Å². The molecule has 0 aliphatic carbocycles. The second-order valence-electron chi connectivity index (χ2n) is 5.09. The van der Waals surface area contributed by atoms with Crippen molar-refractivity contribution in [2.24, 2.45) is 0 Å². The topological polar surface area (TPSA) is 103 Å². The zero-order valence-corrected chi connectivity index (χ0v) is 12.7. The zero-order valence-electron chi connectivity index (χ0n) is 12.7. The second kappa shape index (κ2) is 5.54. The average Bonchev–Trinajstić information content (AvgIpc) is 3.23. The van der Waals surface area contributed by atoms with E-state index in [1.54, 1.807) is 47.6 Å². The third-order valence-electron chi connectivity index (χ3n) is 3.38. The molecule has 0 bridgehead atoms. The van der Waals surface area contributed by atoms with E-state index < -0.39 is 0 Å². The first-order valence-corrected chi connectivity index (χ1v) is 7.15. The molecule has 118 valence electrons. The number of carbonyl (C=O) groups is 1. The standard InChI is InChI=1S/C15H12N8O/c1-10-7-18-22-6-3-12(21-13(10)22)14(24)20-11-8-19-23(9-11)15-16-4-2-5-17-15/h2-9H,1H3,(H,20,24). The fraction of sp³-hybridized carbons (Fsp3) is 0.0667. The maximum atomic E-state index is 12.4. The molecule has 0 aliphatic rings. The van der Waals surface area contributed by atoms with Gasteiger partial charge in [0.2, 0.25) is 5.95 Å². The van der Waals surface area contributed by atoms with E-state index in [1.807, 2.05) is 6.92 Å². The monoisotopic (exact) mass is 320 g/mol. The molecule has 0 atom stereocenters. The van der Waals surface area contributed by atoms with Crippen molar-refractivity contribution in [2.45, 2.75) is 6.92 Å². The van der Waals surface area contributed by atoms with Gasteiger partial charge in [0.15, 0.2) is 5.65 Å². The van der Waals surface area contributed by atoms with E-state index in [1.165, 1.54) is 10.9 Å². The number of aromatic nitrogens is 7. The first-order valence-electron chi connectivity index (χ1n) is 7.15. The maximum absolute atomic E-state index is 12.4. The van der Waals surface area contributed by atoms with Crippen LogP contribution in [0.15, 0.2) is 49.3 Å². The number of anilines is 1. The summed E-state index contributed by atoms with van der Waals surface area (Å²) in [4.78, 5) is 24.9. The molecule has 0 aromatic carbocycles. The van der Waals surface area contributed by atoms with Crippen molar-refractivity contribution in [3.63, 3.8) is 0 Å². The molecule has 0 radical (unpaired) electrons. The molecule has 0 saturated heterocycles. The van der Waals surface area contributed by atoms with Crippen LogP contribution in [0.5, 0.6) is 0 Å². The number of amides is 1. The van der Waals surface area contributed by atoms with Crippen LogP contribution in [-0.2, 0) is 0 Å². The summed E-state index contributed by atoms with van der Waals surface area (Å²) in [6.45, 7) is 1.89. The number of nitrogens with one attached hydrogen (secondary N) is 1. The SMILES string of the molecule is Cc1cnn2ccc(C(=O)Nc3cnn(-c4ncccn4)c3)nc12. The fourth-order valence-corrected chi connectivity index (χ4v) is 2.21. The van der Waals surface area contributed by atoms with Gasteiger partial charge in [-0.25, -0.2) is 24.1 Å². The van der Waals surface area contributed by atoms with Gasteiger partial charge in [0, 0.05) is 24.2 Å². The van der Waals surface area contributed by atoms with E-state index in [0.29, 0.717) is 23.0 Å². The van der Waals surface area contributed by atoms with Crippen molar-refractivity contribution < 1.29 is 4.79 Å². The molecule has 1 amide bonds. The van der Waals surface area contributed by atoms with Gasteiger partial charge in [0.1, 0.15) is 5.69 Å². The fourth-order valence-electron chi connectivity index (χ4n) is 2.21. The lowest BCUT2D eigenvalue weighted by atomic mass is 10.3. The van der Waals surface area contributed by atoms with Crippen LogP contribution in [0.3, 0.4) is 0 Å². The van der Waals surface area contributed by atoms with Gasteiger partial charge in [0.05, 0.1) is 24.3 Å². The van der Waals surface area contributed by atoms with Crippen LogP contribution < -0.4 is 5.32 Å². The highest BCUT2D eigenvalue weighted by Crippen LogP contribution is 2.11. The van der Waals surface area contributed by atoms with Crippen LogP contribution in [0.25, 0.3) is 11.6 Å².